The van der Waals surface area contributed by atoms with Crippen LogP contribution in [0.5, 0.6) is 0 Å². The Morgan fingerprint density at radius 2 is 2.17 bits per heavy atom. The Hall–Kier alpha value is -0.580. The van der Waals surface area contributed by atoms with Crippen LogP contribution in [0.15, 0.2) is 0 Å². The van der Waals surface area contributed by atoms with Crippen LogP contribution in [0.1, 0.15) is 26.2 Å². The van der Waals surface area contributed by atoms with Gasteiger partial charge in [-0.3, -0.25) is 4.79 Å². The van der Waals surface area contributed by atoms with Gasteiger partial charge in [-0.2, -0.15) is 0 Å². The molecule has 5 heteroatoms. The average Bonchev–Trinajstić information content (AvgIpc) is 2.05. The maximum Gasteiger partial charge on any atom is 0.304 e. The zero-order chi connectivity index (χ0) is 9.41. The van der Waals surface area contributed by atoms with Crippen molar-refractivity contribution in [1.82, 2.24) is 0 Å². The SMILES string of the molecule is CC1(CC(=O)O)CCCS1(=O)=O. The minimum atomic E-state index is -3.16. The van der Waals surface area contributed by atoms with Gasteiger partial charge in [0.25, 0.3) is 0 Å². The molecule has 0 aromatic carbocycles. The van der Waals surface area contributed by atoms with Crippen molar-refractivity contribution in [2.75, 3.05) is 5.75 Å². The third-order valence-corrected chi connectivity index (χ3v) is 5.07. The molecule has 0 bridgehead atoms. The molecule has 1 atom stereocenters. The topological polar surface area (TPSA) is 71.4 Å². The lowest BCUT2D eigenvalue weighted by molar-refractivity contribution is -0.137. The zero-order valence-corrected chi connectivity index (χ0v) is 7.73. The van der Waals surface area contributed by atoms with Crippen molar-refractivity contribution in [3.05, 3.63) is 0 Å². The molecular formula is C7H12O4S. The molecule has 0 radical (unpaired) electrons. The van der Waals surface area contributed by atoms with Gasteiger partial charge in [-0.15, -0.1) is 0 Å². The smallest absolute Gasteiger partial charge is 0.304 e. The van der Waals surface area contributed by atoms with E-state index >= 15 is 0 Å². The molecule has 0 spiro atoms. The Labute approximate surface area is 71.5 Å². The molecule has 1 aliphatic rings. The van der Waals surface area contributed by atoms with E-state index in [-0.39, 0.29) is 12.2 Å². The molecule has 1 rings (SSSR count). The summed E-state index contributed by atoms with van der Waals surface area (Å²) in [6.45, 7) is 1.52. The van der Waals surface area contributed by atoms with E-state index in [1.54, 1.807) is 0 Å². The van der Waals surface area contributed by atoms with Crippen molar-refractivity contribution in [3.63, 3.8) is 0 Å². The highest BCUT2D eigenvalue weighted by molar-refractivity contribution is 7.93. The van der Waals surface area contributed by atoms with Crippen molar-refractivity contribution in [3.8, 4) is 0 Å². The second-order valence-electron chi connectivity index (χ2n) is 3.44. The predicted octanol–water partition coefficient (Wildman–Crippen LogP) is 0.428. The van der Waals surface area contributed by atoms with Gasteiger partial charge in [0, 0.05) is 0 Å². The van der Waals surface area contributed by atoms with E-state index in [2.05, 4.69) is 0 Å². The quantitative estimate of drug-likeness (QED) is 0.688. The van der Waals surface area contributed by atoms with Gasteiger partial charge in [-0.05, 0) is 19.8 Å². The summed E-state index contributed by atoms with van der Waals surface area (Å²) in [5.41, 5.74) is 0. The highest BCUT2D eigenvalue weighted by atomic mass is 32.2. The minimum absolute atomic E-state index is 0.136. The highest BCUT2D eigenvalue weighted by Gasteiger charge is 2.44. The highest BCUT2D eigenvalue weighted by Crippen LogP contribution is 2.34. The van der Waals surface area contributed by atoms with Crippen molar-refractivity contribution in [2.24, 2.45) is 0 Å². The largest absolute Gasteiger partial charge is 0.481 e. The van der Waals surface area contributed by atoms with Crippen LogP contribution < -0.4 is 0 Å². The van der Waals surface area contributed by atoms with Crippen molar-refractivity contribution < 1.29 is 18.3 Å². The van der Waals surface area contributed by atoms with Gasteiger partial charge in [-0.1, -0.05) is 0 Å². The third-order valence-electron chi connectivity index (χ3n) is 2.39. The van der Waals surface area contributed by atoms with Gasteiger partial charge in [0.15, 0.2) is 9.84 Å². The van der Waals surface area contributed by atoms with E-state index in [1.807, 2.05) is 0 Å². The Balaban J connectivity index is 2.91. The van der Waals surface area contributed by atoms with Crippen LogP contribution in [0.3, 0.4) is 0 Å². The minimum Gasteiger partial charge on any atom is -0.481 e. The lowest BCUT2D eigenvalue weighted by Gasteiger charge is -2.19. The molecule has 0 aliphatic carbocycles. The predicted molar refractivity (Wildman–Crippen MR) is 43.7 cm³/mol. The van der Waals surface area contributed by atoms with E-state index < -0.39 is 20.6 Å². The summed E-state index contributed by atoms with van der Waals surface area (Å²) in [6.07, 6.45) is 0.795. The summed E-state index contributed by atoms with van der Waals surface area (Å²) in [4.78, 5) is 10.4. The van der Waals surface area contributed by atoms with Gasteiger partial charge in [0.2, 0.25) is 0 Å². The van der Waals surface area contributed by atoms with Crippen molar-refractivity contribution in [1.29, 1.82) is 0 Å². The van der Waals surface area contributed by atoms with Gasteiger partial charge >= 0.3 is 5.97 Å². The Bertz CT molecular complexity index is 293. The lowest BCUT2D eigenvalue weighted by Crippen LogP contribution is -2.33. The van der Waals surface area contributed by atoms with Crippen LogP contribution in [0.25, 0.3) is 0 Å². The van der Waals surface area contributed by atoms with Gasteiger partial charge < -0.3 is 5.11 Å². The molecule has 1 unspecified atom stereocenters. The molecule has 0 aromatic heterocycles. The Kier molecular flexibility index (Phi) is 2.16. The molecule has 1 fully saturated rings. The van der Waals surface area contributed by atoms with E-state index in [0.717, 1.165) is 0 Å². The van der Waals surface area contributed by atoms with E-state index in [4.69, 9.17) is 5.11 Å². The van der Waals surface area contributed by atoms with Crippen LogP contribution in [0.2, 0.25) is 0 Å². The first-order valence-electron chi connectivity index (χ1n) is 3.81. The van der Waals surface area contributed by atoms with Crippen LogP contribution in [-0.2, 0) is 14.6 Å². The van der Waals surface area contributed by atoms with Gasteiger partial charge in [-0.25, -0.2) is 8.42 Å². The molecule has 1 heterocycles. The summed E-state index contributed by atoms with van der Waals surface area (Å²) in [5, 5.41) is 8.51. The monoisotopic (exact) mass is 192 g/mol. The molecule has 1 saturated heterocycles. The zero-order valence-electron chi connectivity index (χ0n) is 6.91. The summed E-state index contributed by atoms with van der Waals surface area (Å²) < 4.78 is 21.7. The molecule has 1 aliphatic heterocycles. The summed E-state index contributed by atoms with van der Waals surface area (Å²) >= 11 is 0. The normalized spacial score (nSPS) is 33.4. The van der Waals surface area contributed by atoms with E-state index in [9.17, 15) is 13.2 Å². The number of carboxylic acids is 1. The Morgan fingerprint density at radius 3 is 2.50 bits per heavy atom. The molecule has 1 N–H and O–H groups in total. The number of carbonyl (C=O) groups is 1. The number of aliphatic carboxylic acids is 1. The number of sulfone groups is 1. The first-order valence-corrected chi connectivity index (χ1v) is 5.47. The van der Waals surface area contributed by atoms with Crippen LogP contribution in [0.4, 0.5) is 0 Å². The first-order chi connectivity index (χ1) is 5.37. The van der Waals surface area contributed by atoms with Crippen molar-refractivity contribution in [2.45, 2.75) is 30.9 Å². The fourth-order valence-electron chi connectivity index (χ4n) is 1.56. The standard InChI is InChI=1S/C7H12O4S/c1-7(5-6(8)9)3-2-4-12(7,10)11/h2-5H2,1H3,(H,8,9). The average molecular weight is 192 g/mol. The molecule has 0 aromatic rings. The summed E-state index contributed by atoms with van der Waals surface area (Å²) in [6, 6.07) is 0. The Morgan fingerprint density at radius 1 is 1.58 bits per heavy atom. The molecular weight excluding hydrogens is 180 g/mol. The number of hydrogen-bond donors (Lipinski definition) is 1. The van der Waals surface area contributed by atoms with E-state index in [0.29, 0.717) is 12.8 Å². The number of carboxylic acid groups (broad SMARTS) is 1. The lowest BCUT2D eigenvalue weighted by atomic mass is 10.0. The number of rotatable bonds is 2. The fourth-order valence-corrected chi connectivity index (χ4v) is 3.37. The van der Waals surface area contributed by atoms with Gasteiger partial charge in [0.05, 0.1) is 16.9 Å². The fraction of sp³-hybridized carbons (Fsp3) is 0.857. The maximum absolute atomic E-state index is 11.4. The second kappa shape index (κ2) is 2.73. The molecule has 70 valence electrons. The molecule has 4 nitrogen and oxygen atoms in total. The van der Waals surface area contributed by atoms with Gasteiger partial charge in [0.1, 0.15) is 0 Å². The maximum atomic E-state index is 11.4. The summed E-state index contributed by atoms with van der Waals surface area (Å²) in [7, 11) is -3.16. The first kappa shape index (κ1) is 9.51. The molecule has 12 heavy (non-hydrogen) atoms. The number of hydrogen-bond acceptors (Lipinski definition) is 3. The second-order valence-corrected chi connectivity index (χ2v) is 6.07. The molecule has 0 saturated carbocycles. The summed E-state index contributed by atoms with van der Waals surface area (Å²) in [5.74, 6) is -0.903. The van der Waals surface area contributed by atoms with Crippen LogP contribution in [-0.4, -0.2) is 30.0 Å². The van der Waals surface area contributed by atoms with Crippen molar-refractivity contribution >= 4 is 15.8 Å². The van der Waals surface area contributed by atoms with E-state index in [1.165, 1.54) is 6.92 Å². The molecule has 0 amide bonds. The third kappa shape index (κ3) is 1.46. The van der Waals surface area contributed by atoms with Crippen LogP contribution in [0, 0.1) is 0 Å². The van der Waals surface area contributed by atoms with Crippen LogP contribution >= 0.6 is 0 Å².